The minimum atomic E-state index is -0.718. The summed E-state index contributed by atoms with van der Waals surface area (Å²) in [6.07, 6.45) is 1.51. The lowest BCUT2D eigenvalue weighted by Crippen LogP contribution is -2.07. The second-order valence-electron chi connectivity index (χ2n) is 5.48. The highest BCUT2D eigenvalue weighted by atomic mass is 16.4. The number of carbonyl (C=O) groups is 1. The Kier molecular flexibility index (Phi) is 2.61. The Hall–Kier alpha value is -2.55. The summed E-state index contributed by atoms with van der Waals surface area (Å²) in [7, 11) is 0. The molecule has 1 heterocycles. The lowest BCUT2D eigenvalue weighted by Gasteiger charge is -2.09. The first-order valence-corrected chi connectivity index (χ1v) is 7.18. The first-order valence-electron chi connectivity index (χ1n) is 7.18. The van der Waals surface area contributed by atoms with Gasteiger partial charge in [-0.3, -0.25) is 4.79 Å². The average molecular weight is 277 g/mol. The largest absolute Gasteiger partial charge is 0.481 e. The maximum atomic E-state index is 11.5. The first kappa shape index (κ1) is 12.2. The van der Waals surface area contributed by atoms with Gasteiger partial charge in [0, 0.05) is 16.8 Å². The van der Waals surface area contributed by atoms with Crippen LogP contribution in [0, 0.1) is 0 Å². The molecule has 0 aliphatic heterocycles. The summed E-state index contributed by atoms with van der Waals surface area (Å²) in [5, 5.41) is 10.6. The second kappa shape index (κ2) is 4.48. The van der Waals surface area contributed by atoms with Crippen LogP contribution in [0.25, 0.3) is 16.6 Å². The molecule has 0 saturated heterocycles. The molecule has 3 aromatic rings. The zero-order chi connectivity index (χ0) is 14.4. The van der Waals surface area contributed by atoms with E-state index >= 15 is 0 Å². The minimum absolute atomic E-state index is 0.380. The van der Waals surface area contributed by atoms with E-state index in [9.17, 15) is 9.90 Å². The van der Waals surface area contributed by atoms with Crippen molar-refractivity contribution in [2.24, 2.45) is 0 Å². The van der Waals surface area contributed by atoms with Gasteiger partial charge in [-0.15, -0.1) is 0 Å². The molecule has 104 valence electrons. The van der Waals surface area contributed by atoms with E-state index in [2.05, 4.69) is 22.8 Å². The second-order valence-corrected chi connectivity index (χ2v) is 5.48. The number of benzene rings is 2. The van der Waals surface area contributed by atoms with Gasteiger partial charge in [-0.25, -0.2) is 0 Å². The summed E-state index contributed by atoms with van der Waals surface area (Å²) >= 11 is 0. The van der Waals surface area contributed by atoms with Crippen LogP contribution >= 0.6 is 0 Å². The number of nitrogens with zero attached hydrogens (tertiary/aromatic N) is 1. The zero-order valence-electron chi connectivity index (χ0n) is 11.5. The van der Waals surface area contributed by atoms with Gasteiger partial charge in [-0.1, -0.05) is 36.4 Å². The highest BCUT2D eigenvalue weighted by molar-refractivity contribution is 5.93. The van der Waals surface area contributed by atoms with Gasteiger partial charge in [0.25, 0.3) is 0 Å². The van der Waals surface area contributed by atoms with E-state index < -0.39 is 5.97 Å². The summed E-state index contributed by atoms with van der Waals surface area (Å²) in [4.78, 5) is 11.5. The third-order valence-corrected chi connectivity index (χ3v) is 4.35. The predicted octanol–water partition coefficient (Wildman–Crippen LogP) is 3.74. The molecule has 1 atom stereocenters. The molecule has 21 heavy (non-hydrogen) atoms. The lowest BCUT2D eigenvalue weighted by molar-refractivity contribution is -0.138. The SMILES string of the molecule is O=C(O)[C@H]1CCc2c1c1ccccc1n2-c1ccccc1. The molecule has 0 unspecified atom stereocenters. The highest BCUT2D eigenvalue weighted by Gasteiger charge is 2.34. The van der Waals surface area contributed by atoms with Crippen LogP contribution in [0.1, 0.15) is 23.6 Å². The number of aromatic nitrogens is 1. The quantitative estimate of drug-likeness (QED) is 0.775. The molecule has 1 aliphatic rings. The van der Waals surface area contributed by atoms with E-state index in [0.29, 0.717) is 6.42 Å². The van der Waals surface area contributed by atoms with Gasteiger partial charge < -0.3 is 9.67 Å². The molecule has 1 aromatic heterocycles. The maximum absolute atomic E-state index is 11.5. The summed E-state index contributed by atoms with van der Waals surface area (Å²) in [5.41, 5.74) is 4.34. The van der Waals surface area contributed by atoms with Crippen molar-refractivity contribution in [1.29, 1.82) is 0 Å². The zero-order valence-corrected chi connectivity index (χ0v) is 11.5. The molecule has 0 amide bonds. The number of carboxylic acid groups (broad SMARTS) is 1. The van der Waals surface area contributed by atoms with Crippen LogP contribution in [-0.2, 0) is 11.2 Å². The third kappa shape index (κ3) is 1.70. The molecule has 1 N–H and O–H groups in total. The van der Waals surface area contributed by atoms with Crippen molar-refractivity contribution in [2.45, 2.75) is 18.8 Å². The van der Waals surface area contributed by atoms with E-state index in [4.69, 9.17) is 0 Å². The highest BCUT2D eigenvalue weighted by Crippen LogP contribution is 2.42. The Bertz CT molecular complexity index is 833. The molecular formula is C18H15NO2. The van der Waals surface area contributed by atoms with Crippen LogP contribution in [0.4, 0.5) is 0 Å². The monoisotopic (exact) mass is 277 g/mol. The molecule has 0 spiro atoms. The van der Waals surface area contributed by atoms with E-state index in [1.165, 1.54) is 0 Å². The number of hydrogen-bond donors (Lipinski definition) is 1. The van der Waals surface area contributed by atoms with E-state index in [1.807, 2.05) is 36.4 Å². The predicted molar refractivity (Wildman–Crippen MR) is 82.0 cm³/mol. The van der Waals surface area contributed by atoms with E-state index in [-0.39, 0.29) is 5.92 Å². The topological polar surface area (TPSA) is 42.2 Å². The average Bonchev–Trinajstić information content (AvgIpc) is 3.06. The molecule has 0 fully saturated rings. The number of aliphatic carboxylic acids is 1. The summed E-state index contributed by atoms with van der Waals surface area (Å²) < 4.78 is 2.22. The standard InChI is InChI=1S/C18H15NO2/c20-18(21)14-10-11-16-17(14)13-8-4-5-9-15(13)19(16)12-6-2-1-3-7-12/h1-9,14H,10-11H2,(H,20,21)/t14-/m0/s1. The van der Waals surface area contributed by atoms with Gasteiger partial charge in [-0.05, 0) is 36.6 Å². The van der Waals surface area contributed by atoms with Crippen molar-refractivity contribution in [3.63, 3.8) is 0 Å². The third-order valence-electron chi connectivity index (χ3n) is 4.35. The summed E-state index contributed by atoms with van der Waals surface area (Å²) in [6.45, 7) is 0. The van der Waals surface area contributed by atoms with Crippen molar-refractivity contribution < 1.29 is 9.90 Å². The van der Waals surface area contributed by atoms with Gasteiger partial charge in [0.05, 0.1) is 11.4 Å². The smallest absolute Gasteiger partial charge is 0.311 e. The van der Waals surface area contributed by atoms with Crippen molar-refractivity contribution in [2.75, 3.05) is 0 Å². The van der Waals surface area contributed by atoms with Gasteiger partial charge in [-0.2, -0.15) is 0 Å². The molecule has 0 saturated carbocycles. The Morgan fingerprint density at radius 3 is 2.52 bits per heavy atom. The number of para-hydroxylation sites is 2. The van der Waals surface area contributed by atoms with Crippen molar-refractivity contribution >= 4 is 16.9 Å². The maximum Gasteiger partial charge on any atom is 0.311 e. The van der Waals surface area contributed by atoms with Crippen LogP contribution in [0.2, 0.25) is 0 Å². The fourth-order valence-corrected chi connectivity index (χ4v) is 3.50. The molecular weight excluding hydrogens is 262 g/mol. The molecule has 2 aromatic carbocycles. The van der Waals surface area contributed by atoms with Crippen LogP contribution < -0.4 is 0 Å². The Morgan fingerprint density at radius 2 is 1.76 bits per heavy atom. The van der Waals surface area contributed by atoms with Crippen molar-refractivity contribution in [1.82, 2.24) is 4.57 Å². The fourth-order valence-electron chi connectivity index (χ4n) is 3.50. The molecule has 0 bridgehead atoms. The number of carboxylic acids is 1. The molecule has 4 rings (SSSR count). The van der Waals surface area contributed by atoms with E-state index in [0.717, 1.165) is 34.3 Å². The van der Waals surface area contributed by atoms with Crippen LogP contribution in [0.3, 0.4) is 0 Å². The van der Waals surface area contributed by atoms with E-state index in [1.54, 1.807) is 0 Å². The summed E-state index contributed by atoms with van der Waals surface area (Å²) in [6, 6.07) is 18.3. The van der Waals surface area contributed by atoms with Gasteiger partial charge in [0.1, 0.15) is 0 Å². The Morgan fingerprint density at radius 1 is 1.05 bits per heavy atom. The Balaban J connectivity index is 2.07. The van der Waals surface area contributed by atoms with Gasteiger partial charge in [0.2, 0.25) is 0 Å². The lowest BCUT2D eigenvalue weighted by atomic mass is 10.0. The molecule has 1 aliphatic carbocycles. The van der Waals surface area contributed by atoms with Crippen LogP contribution in [-0.4, -0.2) is 15.6 Å². The minimum Gasteiger partial charge on any atom is -0.481 e. The van der Waals surface area contributed by atoms with Crippen molar-refractivity contribution in [3.05, 3.63) is 65.9 Å². The first-order chi connectivity index (χ1) is 10.3. The van der Waals surface area contributed by atoms with Crippen molar-refractivity contribution in [3.8, 4) is 5.69 Å². The fraction of sp³-hybridized carbons (Fsp3) is 0.167. The Labute approximate surface area is 122 Å². The number of rotatable bonds is 2. The van der Waals surface area contributed by atoms with Crippen LogP contribution in [0.15, 0.2) is 54.6 Å². The van der Waals surface area contributed by atoms with Gasteiger partial charge >= 0.3 is 5.97 Å². The number of hydrogen-bond acceptors (Lipinski definition) is 1. The normalized spacial score (nSPS) is 17.0. The molecule has 3 nitrogen and oxygen atoms in total. The molecule has 3 heteroatoms. The molecule has 0 radical (unpaired) electrons. The van der Waals surface area contributed by atoms with Crippen LogP contribution in [0.5, 0.6) is 0 Å². The van der Waals surface area contributed by atoms with Gasteiger partial charge in [0.15, 0.2) is 0 Å². The number of fused-ring (bicyclic) bond motifs is 3. The summed E-state index contributed by atoms with van der Waals surface area (Å²) in [5.74, 6) is -1.10.